The third-order valence-corrected chi connectivity index (χ3v) is 3.94. The molecule has 3 rings (SSSR count). The van der Waals surface area contributed by atoms with Crippen LogP contribution in [0.25, 0.3) is 0 Å². The van der Waals surface area contributed by atoms with Crippen LogP contribution >= 0.6 is 0 Å². The average molecular weight is 322 g/mol. The summed E-state index contributed by atoms with van der Waals surface area (Å²) in [4.78, 5) is 2.34. The summed E-state index contributed by atoms with van der Waals surface area (Å²) in [5.41, 5.74) is 2.38. The van der Waals surface area contributed by atoms with Gasteiger partial charge in [0.15, 0.2) is 0 Å². The zero-order valence-corrected chi connectivity index (χ0v) is 14.4. The Morgan fingerprint density at radius 3 is 2.46 bits per heavy atom. The highest BCUT2D eigenvalue weighted by Crippen LogP contribution is 2.24. The number of benzene rings is 2. The Kier molecular flexibility index (Phi) is 5.39. The molecule has 124 valence electrons. The SMILES string of the molecule is CCCN(C)CC1=[N+](c2ccc(Oc3ccccc3)cc2)N=CC1. The number of para-hydroxylation sites is 1. The average Bonchev–Trinajstić information content (AvgIpc) is 3.05. The molecule has 0 unspecified atom stereocenters. The minimum Gasteiger partial charge on any atom is -0.457 e. The minimum absolute atomic E-state index is 0.831. The second kappa shape index (κ2) is 7.88. The van der Waals surface area contributed by atoms with Gasteiger partial charge in [0, 0.05) is 12.1 Å². The molecule has 0 aromatic heterocycles. The van der Waals surface area contributed by atoms with Crippen LogP contribution in [0.2, 0.25) is 0 Å². The largest absolute Gasteiger partial charge is 0.457 e. The normalized spacial score (nSPS) is 13.8. The number of nitrogens with zero attached hydrogens (tertiary/aromatic N) is 3. The highest BCUT2D eigenvalue weighted by atomic mass is 16.5. The molecule has 0 spiro atoms. The van der Waals surface area contributed by atoms with E-state index in [1.165, 1.54) is 5.71 Å². The molecule has 0 saturated carbocycles. The molecule has 1 aliphatic rings. The van der Waals surface area contributed by atoms with E-state index in [9.17, 15) is 0 Å². The highest BCUT2D eigenvalue weighted by molar-refractivity contribution is 5.96. The van der Waals surface area contributed by atoms with E-state index < -0.39 is 0 Å². The highest BCUT2D eigenvalue weighted by Gasteiger charge is 2.23. The van der Waals surface area contributed by atoms with Crippen molar-refractivity contribution in [1.29, 1.82) is 0 Å². The number of rotatable bonds is 7. The van der Waals surface area contributed by atoms with Gasteiger partial charge in [0.25, 0.3) is 0 Å². The van der Waals surface area contributed by atoms with Crippen LogP contribution in [0.15, 0.2) is 59.7 Å². The zero-order valence-electron chi connectivity index (χ0n) is 14.4. The molecule has 0 radical (unpaired) electrons. The summed E-state index contributed by atoms with van der Waals surface area (Å²) in [6, 6.07) is 17.9. The molecular weight excluding hydrogens is 298 g/mol. The minimum atomic E-state index is 0.831. The first-order valence-corrected chi connectivity index (χ1v) is 8.45. The first-order chi connectivity index (χ1) is 11.8. The fourth-order valence-corrected chi connectivity index (χ4v) is 2.83. The Balaban J connectivity index is 1.73. The summed E-state index contributed by atoms with van der Waals surface area (Å²) in [6.45, 7) is 4.24. The molecule has 0 atom stereocenters. The van der Waals surface area contributed by atoms with Crippen molar-refractivity contribution in [1.82, 2.24) is 4.90 Å². The summed E-state index contributed by atoms with van der Waals surface area (Å²) in [5, 5.41) is 4.52. The molecule has 0 saturated heterocycles. The van der Waals surface area contributed by atoms with Crippen molar-refractivity contribution < 1.29 is 9.42 Å². The lowest BCUT2D eigenvalue weighted by Gasteiger charge is -2.13. The predicted octanol–water partition coefficient (Wildman–Crippen LogP) is 4.30. The maximum atomic E-state index is 5.85. The molecule has 1 heterocycles. The van der Waals surface area contributed by atoms with Gasteiger partial charge in [-0.15, -0.1) is 0 Å². The summed E-state index contributed by atoms with van der Waals surface area (Å²) in [7, 11) is 2.16. The van der Waals surface area contributed by atoms with Gasteiger partial charge in [-0.25, -0.2) is 0 Å². The number of hydrogen-bond donors (Lipinski definition) is 0. The lowest BCUT2D eigenvalue weighted by molar-refractivity contribution is -0.443. The van der Waals surface area contributed by atoms with Crippen molar-refractivity contribution in [2.24, 2.45) is 5.10 Å². The van der Waals surface area contributed by atoms with Gasteiger partial charge in [0.2, 0.25) is 11.4 Å². The van der Waals surface area contributed by atoms with Crippen LogP contribution in [0.5, 0.6) is 11.5 Å². The number of ether oxygens (including phenoxy) is 1. The second-order valence-corrected chi connectivity index (χ2v) is 6.03. The first-order valence-electron chi connectivity index (χ1n) is 8.45. The third kappa shape index (κ3) is 4.09. The van der Waals surface area contributed by atoms with E-state index in [4.69, 9.17) is 4.74 Å². The molecule has 4 heteroatoms. The fourth-order valence-electron chi connectivity index (χ4n) is 2.83. The Morgan fingerprint density at radius 2 is 1.75 bits per heavy atom. The van der Waals surface area contributed by atoms with Crippen molar-refractivity contribution in [3.63, 3.8) is 0 Å². The lowest BCUT2D eigenvalue weighted by atomic mass is 10.2. The first kappa shape index (κ1) is 16.4. The summed E-state index contributed by atoms with van der Waals surface area (Å²) < 4.78 is 7.89. The van der Waals surface area contributed by atoms with Gasteiger partial charge in [0.05, 0.1) is 19.2 Å². The Morgan fingerprint density at radius 1 is 1.04 bits per heavy atom. The monoisotopic (exact) mass is 322 g/mol. The molecule has 4 nitrogen and oxygen atoms in total. The van der Waals surface area contributed by atoms with Gasteiger partial charge < -0.3 is 4.74 Å². The van der Waals surface area contributed by atoms with Crippen molar-refractivity contribution in [2.45, 2.75) is 19.8 Å². The Bertz CT molecular complexity index is 720. The smallest absolute Gasteiger partial charge is 0.238 e. The molecule has 24 heavy (non-hydrogen) atoms. The Hall–Kier alpha value is -2.46. The van der Waals surface area contributed by atoms with Gasteiger partial charge in [-0.3, -0.25) is 4.90 Å². The second-order valence-electron chi connectivity index (χ2n) is 6.03. The van der Waals surface area contributed by atoms with Crippen LogP contribution in [-0.4, -0.2) is 41.6 Å². The van der Waals surface area contributed by atoms with Gasteiger partial charge in [-0.2, -0.15) is 0 Å². The van der Waals surface area contributed by atoms with Crippen LogP contribution in [0.3, 0.4) is 0 Å². The van der Waals surface area contributed by atoms with E-state index in [1.807, 2.05) is 53.4 Å². The predicted molar refractivity (Wildman–Crippen MR) is 98.8 cm³/mol. The van der Waals surface area contributed by atoms with Gasteiger partial charge in [-0.05, 0) is 49.4 Å². The molecule has 0 bridgehead atoms. The molecule has 1 aliphatic heterocycles. The van der Waals surface area contributed by atoms with Crippen LogP contribution < -0.4 is 4.74 Å². The summed E-state index contributed by atoms with van der Waals surface area (Å²) >= 11 is 0. The van der Waals surface area contributed by atoms with Crippen molar-refractivity contribution in [3.8, 4) is 11.5 Å². The van der Waals surface area contributed by atoms with Gasteiger partial charge in [0.1, 0.15) is 11.5 Å². The van der Waals surface area contributed by atoms with Crippen molar-refractivity contribution >= 4 is 17.6 Å². The van der Waals surface area contributed by atoms with Crippen LogP contribution in [0.4, 0.5) is 5.69 Å². The molecule has 0 fully saturated rings. The quantitative estimate of drug-likeness (QED) is 0.711. The van der Waals surface area contributed by atoms with Crippen LogP contribution in [0, 0.1) is 0 Å². The van der Waals surface area contributed by atoms with E-state index in [1.54, 1.807) is 0 Å². The standard InChI is InChI=1S/C20H24N3O/c1-3-15-22(2)16-18-13-14-21-23(18)17-9-11-20(12-10-17)24-19-7-5-4-6-8-19/h4-12,14H,3,13,15-16H2,1-2H3/q+1. The molecule has 2 aromatic rings. The molecule has 0 amide bonds. The summed E-state index contributed by atoms with van der Waals surface area (Å²) in [6.07, 6.45) is 4.05. The van der Waals surface area contributed by atoms with E-state index in [2.05, 4.69) is 36.1 Å². The Labute approximate surface area is 143 Å². The van der Waals surface area contributed by atoms with Crippen LogP contribution in [0.1, 0.15) is 19.8 Å². The van der Waals surface area contributed by atoms with Gasteiger partial charge in [-0.1, -0.05) is 29.8 Å². The van der Waals surface area contributed by atoms with Crippen LogP contribution in [-0.2, 0) is 0 Å². The molecule has 0 N–H and O–H groups in total. The zero-order chi connectivity index (χ0) is 16.8. The van der Waals surface area contributed by atoms with E-state index in [0.717, 1.165) is 43.1 Å². The van der Waals surface area contributed by atoms with E-state index in [0.29, 0.717) is 0 Å². The van der Waals surface area contributed by atoms with Crippen molar-refractivity contribution in [3.05, 3.63) is 54.6 Å². The van der Waals surface area contributed by atoms with E-state index >= 15 is 0 Å². The maximum absolute atomic E-state index is 5.85. The van der Waals surface area contributed by atoms with E-state index in [-0.39, 0.29) is 0 Å². The molecule has 0 aliphatic carbocycles. The third-order valence-electron chi connectivity index (χ3n) is 3.94. The number of hydrogen-bond acceptors (Lipinski definition) is 3. The topological polar surface area (TPSA) is 27.8 Å². The lowest BCUT2D eigenvalue weighted by Crippen LogP contribution is -2.29. The van der Waals surface area contributed by atoms with Gasteiger partial charge >= 0.3 is 0 Å². The summed E-state index contributed by atoms with van der Waals surface area (Å²) in [5.74, 6) is 1.68. The number of hydrazone groups is 1. The maximum Gasteiger partial charge on any atom is 0.238 e. The molecule has 2 aromatic carbocycles. The molecular formula is C20H24N3O+. The fraction of sp³-hybridized carbons (Fsp3) is 0.300. The van der Waals surface area contributed by atoms with Crippen molar-refractivity contribution in [2.75, 3.05) is 20.1 Å².